The summed E-state index contributed by atoms with van der Waals surface area (Å²) in [5.74, 6) is 0. The van der Waals surface area contributed by atoms with Gasteiger partial charge in [0.1, 0.15) is 0 Å². The Morgan fingerprint density at radius 2 is 1.88 bits per heavy atom. The number of aliphatic hydroxyl groups is 1. The summed E-state index contributed by atoms with van der Waals surface area (Å²) >= 11 is 0. The van der Waals surface area contributed by atoms with Crippen LogP contribution >= 0.6 is 0 Å². The molecule has 1 saturated heterocycles. The molecule has 0 bridgehead atoms. The number of nitrogens with one attached hydrogen (secondary N) is 1. The predicted octanol–water partition coefficient (Wildman–Crippen LogP) is 2.81. The molecule has 1 aromatic rings. The van der Waals surface area contributed by atoms with E-state index in [1.807, 2.05) is 38.1 Å². The van der Waals surface area contributed by atoms with Gasteiger partial charge in [-0.15, -0.1) is 0 Å². The number of aryl methyl sites for hydroxylation is 1. The van der Waals surface area contributed by atoms with E-state index in [9.17, 15) is 5.11 Å². The van der Waals surface area contributed by atoms with Crippen LogP contribution in [-0.2, 0) is 0 Å². The summed E-state index contributed by atoms with van der Waals surface area (Å²) in [4.78, 5) is 0. The van der Waals surface area contributed by atoms with E-state index in [1.165, 1.54) is 12.0 Å². The standard InChI is InChI=1S/C12H17NO.C2H6/c1-9-4-6-10(7-5-9)12(14)11-3-2-8-13-11;1-2/h4-7,11-14H,2-3,8H2,1H3;1-2H3. The van der Waals surface area contributed by atoms with Crippen molar-refractivity contribution in [3.63, 3.8) is 0 Å². The van der Waals surface area contributed by atoms with Crippen molar-refractivity contribution in [2.75, 3.05) is 6.54 Å². The molecule has 1 heterocycles. The summed E-state index contributed by atoms with van der Waals surface area (Å²) in [5, 5.41) is 13.4. The third kappa shape index (κ3) is 3.32. The van der Waals surface area contributed by atoms with Crippen LogP contribution < -0.4 is 5.32 Å². The van der Waals surface area contributed by atoms with E-state index in [0.29, 0.717) is 0 Å². The maximum Gasteiger partial charge on any atom is 0.0942 e. The molecule has 2 N–H and O–H groups in total. The number of hydrogen-bond acceptors (Lipinski definition) is 2. The molecule has 16 heavy (non-hydrogen) atoms. The molecule has 0 amide bonds. The fraction of sp³-hybridized carbons (Fsp3) is 0.571. The lowest BCUT2D eigenvalue weighted by atomic mass is 10.0. The summed E-state index contributed by atoms with van der Waals surface area (Å²) in [6.45, 7) is 7.09. The second kappa shape index (κ2) is 6.66. The average Bonchev–Trinajstić information content (AvgIpc) is 2.85. The number of benzene rings is 1. The summed E-state index contributed by atoms with van der Waals surface area (Å²) < 4.78 is 0. The zero-order chi connectivity index (χ0) is 12.0. The molecule has 2 rings (SSSR count). The molecule has 1 aliphatic rings. The fourth-order valence-electron chi connectivity index (χ4n) is 1.98. The third-order valence-electron chi connectivity index (χ3n) is 2.90. The molecule has 0 spiro atoms. The molecule has 2 atom stereocenters. The minimum Gasteiger partial charge on any atom is -0.387 e. The Bertz CT molecular complexity index is 288. The van der Waals surface area contributed by atoms with Gasteiger partial charge in [-0.3, -0.25) is 0 Å². The van der Waals surface area contributed by atoms with Crippen LogP contribution in [0.2, 0.25) is 0 Å². The van der Waals surface area contributed by atoms with E-state index in [2.05, 4.69) is 12.2 Å². The molecule has 2 unspecified atom stereocenters. The van der Waals surface area contributed by atoms with Gasteiger partial charge in [0.2, 0.25) is 0 Å². The molecule has 2 nitrogen and oxygen atoms in total. The molecule has 1 aliphatic heterocycles. The van der Waals surface area contributed by atoms with Crippen LogP contribution in [0.1, 0.15) is 43.9 Å². The lowest BCUT2D eigenvalue weighted by Crippen LogP contribution is -2.28. The van der Waals surface area contributed by atoms with Crippen molar-refractivity contribution in [3.05, 3.63) is 35.4 Å². The van der Waals surface area contributed by atoms with Crippen molar-refractivity contribution in [2.24, 2.45) is 0 Å². The smallest absolute Gasteiger partial charge is 0.0942 e. The van der Waals surface area contributed by atoms with Crippen molar-refractivity contribution in [3.8, 4) is 0 Å². The first kappa shape index (κ1) is 13.2. The zero-order valence-electron chi connectivity index (χ0n) is 10.5. The van der Waals surface area contributed by atoms with Gasteiger partial charge in [0.25, 0.3) is 0 Å². The summed E-state index contributed by atoms with van der Waals surface area (Å²) in [6.07, 6.45) is 1.90. The lowest BCUT2D eigenvalue weighted by molar-refractivity contribution is 0.137. The van der Waals surface area contributed by atoms with Crippen LogP contribution in [0.3, 0.4) is 0 Å². The average molecular weight is 221 g/mol. The summed E-state index contributed by atoms with van der Waals surface area (Å²) in [7, 11) is 0. The lowest BCUT2D eigenvalue weighted by Gasteiger charge is -2.18. The van der Waals surface area contributed by atoms with Crippen LogP contribution in [0.15, 0.2) is 24.3 Å². The third-order valence-corrected chi connectivity index (χ3v) is 2.90. The summed E-state index contributed by atoms with van der Waals surface area (Å²) in [6, 6.07) is 8.37. The molecule has 0 aromatic heterocycles. The van der Waals surface area contributed by atoms with Crippen LogP contribution in [0.25, 0.3) is 0 Å². The van der Waals surface area contributed by atoms with E-state index >= 15 is 0 Å². The molecule has 0 aliphatic carbocycles. The second-order valence-corrected chi connectivity index (χ2v) is 4.06. The number of aliphatic hydroxyl groups excluding tert-OH is 1. The maximum absolute atomic E-state index is 10.0. The Labute approximate surface area is 98.7 Å². The molecule has 90 valence electrons. The van der Waals surface area contributed by atoms with Crippen molar-refractivity contribution in [1.29, 1.82) is 0 Å². The fourth-order valence-corrected chi connectivity index (χ4v) is 1.98. The largest absolute Gasteiger partial charge is 0.387 e. The first-order valence-electron chi connectivity index (χ1n) is 6.25. The van der Waals surface area contributed by atoms with Gasteiger partial charge in [0, 0.05) is 6.04 Å². The predicted molar refractivity (Wildman–Crippen MR) is 68.5 cm³/mol. The SMILES string of the molecule is CC.Cc1ccc(C(O)C2CCCN2)cc1. The Morgan fingerprint density at radius 1 is 1.25 bits per heavy atom. The molecular weight excluding hydrogens is 198 g/mol. The van der Waals surface area contributed by atoms with Gasteiger partial charge < -0.3 is 10.4 Å². The van der Waals surface area contributed by atoms with Gasteiger partial charge in [-0.1, -0.05) is 43.7 Å². The highest BCUT2D eigenvalue weighted by Gasteiger charge is 2.23. The van der Waals surface area contributed by atoms with Crippen LogP contribution in [0, 0.1) is 6.92 Å². The highest BCUT2D eigenvalue weighted by Crippen LogP contribution is 2.22. The van der Waals surface area contributed by atoms with Crippen molar-refractivity contribution in [1.82, 2.24) is 5.32 Å². The molecule has 0 radical (unpaired) electrons. The maximum atomic E-state index is 10.0. The molecule has 1 fully saturated rings. The Hall–Kier alpha value is -0.860. The highest BCUT2D eigenvalue weighted by molar-refractivity contribution is 5.24. The van der Waals surface area contributed by atoms with Crippen molar-refractivity contribution in [2.45, 2.75) is 45.8 Å². The normalized spacial score (nSPS) is 21.1. The molecule has 1 aromatic carbocycles. The van der Waals surface area contributed by atoms with Gasteiger partial charge in [0.15, 0.2) is 0 Å². The molecule has 0 saturated carbocycles. The van der Waals surface area contributed by atoms with Gasteiger partial charge in [0.05, 0.1) is 6.10 Å². The Morgan fingerprint density at radius 3 is 2.38 bits per heavy atom. The van der Waals surface area contributed by atoms with Gasteiger partial charge >= 0.3 is 0 Å². The first-order chi connectivity index (χ1) is 7.77. The summed E-state index contributed by atoms with van der Waals surface area (Å²) in [5.41, 5.74) is 2.26. The van der Waals surface area contributed by atoms with Crippen LogP contribution in [-0.4, -0.2) is 17.7 Å². The topological polar surface area (TPSA) is 32.3 Å². The van der Waals surface area contributed by atoms with E-state index in [1.54, 1.807) is 0 Å². The number of hydrogen-bond donors (Lipinski definition) is 2. The van der Waals surface area contributed by atoms with E-state index in [-0.39, 0.29) is 12.1 Å². The number of rotatable bonds is 2. The van der Waals surface area contributed by atoms with Crippen molar-refractivity contribution >= 4 is 0 Å². The highest BCUT2D eigenvalue weighted by atomic mass is 16.3. The minimum absolute atomic E-state index is 0.248. The Balaban J connectivity index is 0.000000606. The molecule has 2 heteroatoms. The minimum atomic E-state index is -0.349. The monoisotopic (exact) mass is 221 g/mol. The van der Waals surface area contributed by atoms with Crippen molar-refractivity contribution < 1.29 is 5.11 Å². The van der Waals surface area contributed by atoms with E-state index in [4.69, 9.17) is 0 Å². The van der Waals surface area contributed by atoms with E-state index < -0.39 is 0 Å². The van der Waals surface area contributed by atoms with Gasteiger partial charge in [-0.25, -0.2) is 0 Å². The first-order valence-corrected chi connectivity index (χ1v) is 6.25. The second-order valence-electron chi connectivity index (χ2n) is 4.06. The van der Waals surface area contributed by atoms with E-state index in [0.717, 1.165) is 18.5 Å². The zero-order valence-corrected chi connectivity index (χ0v) is 10.5. The quantitative estimate of drug-likeness (QED) is 0.805. The van der Waals surface area contributed by atoms with Gasteiger partial charge in [-0.2, -0.15) is 0 Å². The van der Waals surface area contributed by atoms with Crippen LogP contribution in [0.4, 0.5) is 0 Å². The Kier molecular flexibility index (Phi) is 5.50. The van der Waals surface area contributed by atoms with Crippen LogP contribution in [0.5, 0.6) is 0 Å². The molecular formula is C14H23NO. The van der Waals surface area contributed by atoms with Gasteiger partial charge in [-0.05, 0) is 31.9 Å².